The predicted molar refractivity (Wildman–Crippen MR) is 74.9 cm³/mol. The fourth-order valence-electron chi connectivity index (χ4n) is 2.40. The van der Waals surface area contributed by atoms with Crippen molar-refractivity contribution in [2.75, 3.05) is 39.4 Å². The summed E-state index contributed by atoms with van der Waals surface area (Å²) >= 11 is 0. The topological polar surface area (TPSA) is 24.5 Å². The first-order valence-corrected chi connectivity index (χ1v) is 6.96. The van der Waals surface area contributed by atoms with E-state index in [1.54, 1.807) is 0 Å². The lowest BCUT2D eigenvalue weighted by Gasteiger charge is -2.35. The highest BCUT2D eigenvalue weighted by molar-refractivity contribution is 5.14. The van der Waals surface area contributed by atoms with Gasteiger partial charge in [-0.05, 0) is 18.5 Å². The van der Waals surface area contributed by atoms with Crippen LogP contribution in [0.15, 0.2) is 30.3 Å². The molecule has 0 bridgehead atoms. The summed E-state index contributed by atoms with van der Waals surface area (Å²) in [6.45, 7) is 8.14. The van der Waals surface area contributed by atoms with Crippen LogP contribution in [0.4, 0.5) is 0 Å². The van der Waals surface area contributed by atoms with Crippen molar-refractivity contribution in [2.45, 2.75) is 19.4 Å². The van der Waals surface area contributed by atoms with Gasteiger partial charge in [-0.3, -0.25) is 4.90 Å². The summed E-state index contributed by atoms with van der Waals surface area (Å²) in [5.41, 5.74) is 1.42. The zero-order chi connectivity index (χ0) is 12.6. The van der Waals surface area contributed by atoms with E-state index in [4.69, 9.17) is 4.74 Å². The molecule has 0 amide bonds. The Kier molecular flexibility index (Phi) is 5.65. The smallest absolute Gasteiger partial charge is 0.0634 e. The molecule has 1 aliphatic heterocycles. The highest BCUT2D eigenvalue weighted by Gasteiger charge is 2.21. The van der Waals surface area contributed by atoms with Gasteiger partial charge in [-0.15, -0.1) is 0 Å². The van der Waals surface area contributed by atoms with Gasteiger partial charge >= 0.3 is 0 Å². The van der Waals surface area contributed by atoms with Gasteiger partial charge in [-0.25, -0.2) is 0 Å². The third kappa shape index (κ3) is 4.09. The molecule has 1 aromatic rings. The van der Waals surface area contributed by atoms with Gasteiger partial charge in [0.1, 0.15) is 0 Å². The first-order chi connectivity index (χ1) is 8.90. The molecular weight excluding hydrogens is 224 g/mol. The van der Waals surface area contributed by atoms with Crippen LogP contribution in [0.3, 0.4) is 0 Å². The summed E-state index contributed by atoms with van der Waals surface area (Å²) in [6.07, 6.45) is 1.13. The molecule has 1 saturated heterocycles. The minimum absolute atomic E-state index is 0.530. The number of nitrogens with zero attached hydrogens (tertiary/aromatic N) is 1. The predicted octanol–water partition coefficient (Wildman–Crippen LogP) is 1.54. The molecular formula is C15H24N2O. The summed E-state index contributed by atoms with van der Waals surface area (Å²) in [7, 11) is 0. The molecule has 1 N–H and O–H groups in total. The Balaban J connectivity index is 1.81. The highest BCUT2D eigenvalue weighted by Crippen LogP contribution is 2.08. The average Bonchev–Trinajstić information content (AvgIpc) is 2.45. The van der Waals surface area contributed by atoms with Crippen molar-refractivity contribution in [3.63, 3.8) is 0 Å². The molecule has 1 atom stereocenters. The maximum absolute atomic E-state index is 5.58. The number of nitrogens with one attached hydrogen (secondary N) is 1. The maximum Gasteiger partial charge on any atom is 0.0634 e. The Morgan fingerprint density at radius 1 is 1.33 bits per heavy atom. The van der Waals surface area contributed by atoms with E-state index in [-0.39, 0.29) is 0 Å². The molecule has 1 unspecified atom stereocenters. The Morgan fingerprint density at radius 2 is 2.17 bits per heavy atom. The molecule has 0 saturated carbocycles. The molecule has 1 aliphatic rings. The lowest BCUT2D eigenvalue weighted by atomic mass is 10.1. The largest absolute Gasteiger partial charge is 0.378 e. The number of ether oxygens (including phenoxy) is 1. The van der Waals surface area contributed by atoms with E-state index < -0.39 is 0 Å². The number of hydrogen-bond donors (Lipinski definition) is 1. The minimum atomic E-state index is 0.530. The third-order valence-electron chi connectivity index (χ3n) is 3.51. The van der Waals surface area contributed by atoms with Crippen molar-refractivity contribution in [1.82, 2.24) is 10.2 Å². The van der Waals surface area contributed by atoms with Gasteiger partial charge in [0.05, 0.1) is 13.2 Å². The van der Waals surface area contributed by atoms with Crippen molar-refractivity contribution in [2.24, 2.45) is 0 Å². The van der Waals surface area contributed by atoms with Gasteiger partial charge in [0.25, 0.3) is 0 Å². The van der Waals surface area contributed by atoms with Crippen LogP contribution in [0.1, 0.15) is 12.5 Å². The van der Waals surface area contributed by atoms with Crippen LogP contribution in [0.2, 0.25) is 0 Å². The van der Waals surface area contributed by atoms with E-state index in [9.17, 15) is 0 Å². The molecule has 1 aromatic carbocycles. The van der Waals surface area contributed by atoms with E-state index in [1.807, 2.05) is 0 Å². The fraction of sp³-hybridized carbons (Fsp3) is 0.600. The molecule has 18 heavy (non-hydrogen) atoms. The van der Waals surface area contributed by atoms with Gasteiger partial charge < -0.3 is 10.1 Å². The fourth-order valence-corrected chi connectivity index (χ4v) is 2.40. The van der Waals surface area contributed by atoms with Crippen LogP contribution in [0.5, 0.6) is 0 Å². The van der Waals surface area contributed by atoms with Crippen molar-refractivity contribution in [3.05, 3.63) is 35.9 Å². The van der Waals surface area contributed by atoms with Crippen LogP contribution in [-0.4, -0.2) is 50.3 Å². The van der Waals surface area contributed by atoms with E-state index in [2.05, 4.69) is 47.5 Å². The SMILES string of the molecule is CCNCC1COCCN1CCc1ccccc1. The quantitative estimate of drug-likeness (QED) is 0.826. The lowest BCUT2D eigenvalue weighted by molar-refractivity contribution is -0.00599. The summed E-state index contributed by atoms with van der Waals surface area (Å²) in [6, 6.07) is 11.3. The second-order valence-electron chi connectivity index (χ2n) is 4.81. The normalized spacial score (nSPS) is 21.1. The van der Waals surface area contributed by atoms with Crippen molar-refractivity contribution < 1.29 is 4.74 Å². The number of rotatable bonds is 6. The molecule has 0 aliphatic carbocycles. The number of likely N-dealkylation sites (N-methyl/N-ethyl adjacent to an activating group) is 1. The average molecular weight is 248 g/mol. The van der Waals surface area contributed by atoms with Crippen molar-refractivity contribution >= 4 is 0 Å². The molecule has 1 fully saturated rings. The maximum atomic E-state index is 5.58. The number of benzene rings is 1. The third-order valence-corrected chi connectivity index (χ3v) is 3.51. The lowest BCUT2D eigenvalue weighted by Crippen LogP contribution is -2.50. The highest BCUT2D eigenvalue weighted by atomic mass is 16.5. The van der Waals surface area contributed by atoms with Crippen LogP contribution < -0.4 is 5.32 Å². The first-order valence-electron chi connectivity index (χ1n) is 6.96. The van der Waals surface area contributed by atoms with Crippen molar-refractivity contribution in [3.8, 4) is 0 Å². The van der Waals surface area contributed by atoms with Crippen LogP contribution >= 0.6 is 0 Å². The van der Waals surface area contributed by atoms with Gasteiger partial charge in [-0.2, -0.15) is 0 Å². The van der Waals surface area contributed by atoms with Crippen LogP contribution in [-0.2, 0) is 11.2 Å². The minimum Gasteiger partial charge on any atom is -0.378 e. The Hall–Kier alpha value is -0.900. The van der Waals surface area contributed by atoms with E-state index in [0.29, 0.717) is 6.04 Å². The molecule has 0 spiro atoms. The second-order valence-corrected chi connectivity index (χ2v) is 4.81. The van der Waals surface area contributed by atoms with Crippen LogP contribution in [0.25, 0.3) is 0 Å². The summed E-state index contributed by atoms with van der Waals surface area (Å²) in [5.74, 6) is 0. The standard InChI is InChI=1S/C15H24N2O/c1-2-16-12-15-13-18-11-10-17(15)9-8-14-6-4-3-5-7-14/h3-7,15-16H,2,8-13H2,1H3. The van der Waals surface area contributed by atoms with Crippen molar-refractivity contribution in [1.29, 1.82) is 0 Å². The van der Waals surface area contributed by atoms with E-state index in [0.717, 1.165) is 45.8 Å². The molecule has 1 heterocycles. The van der Waals surface area contributed by atoms with Gasteiger partial charge in [0.2, 0.25) is 0 Å². The molecule has 3 nitrogen and oxygen atoms in total. The zero-order valence-corrected chi connectivity index (χ0v) is 11.3. The molecule has 2 rings (SSSR count). The number of morpholine rings is 1. The van der Waals surface area contributed by atoms with Gasteiger partial charge in [-0.1, -0.05) is 37.3 Å². The Bertz CT molecular complexity index is 329. The molecule has 0 radical (unpaired) electrons. The number of hydrogen-bond acceptors (Lipinski definition) is 3. The summed E-state index contributed by atoms with van der Waals surface area (Å²) in [5, 5.41) is 3.42. The molecule has 100 valence electrons. The van der Waals surface area contributed by atoms with E-state index in [1.165, 1.54) is 5.56 Å². The molecule has 0 aromatic heterocycles. The Labute approximate surface area is 110 Å². The van der Waals surface area contributed by atoms with Gasteiger partial charge in [0.15, 0.2) is 0 Å². The van der Waals surface area contributed by atoms with Crippen LogP contribution in [0, 0.1) is 0 Å². The van der Waals surface area contributed by atoms with E-state index >= 15 is 0 Å². The van der Waals surface area contributed by atoms with Gasteiger partial charge in [0, 0.05) is 25.7 Å². The summed E-state index contributed by atoms with van der Waals surface area (Å²) in [4.78, 5) is 2.55. The first kappa shape index (κ1) is 13.5. The molecule has 3 heteroatoms. The second kappa shape index (κ2) is 7.52. The Morgan fingerprint density at radius 3 is 2.94 bits per heavy atom. The monoisotopic (exact) mass is 248 g/mol. The zero-order valence-electron chi connectivity index (χ0n) is 11.3. The summed E-state index contributed by atoms with van der Waals surface area (Å²) < 4.78 is 5.58.